The van der Waals surface area contributed by atoms with Crippen LogP contribution in [0.2, 0.25) is 5.15 Å². The molecule has 0 saturated heterocycles. The summed E-state index contributed by atoms with van der Waals surface area (Å²) in [6.07, 6.45) is 0. The van der Waals surface area contributed by atoms with E-state index in [-0.39, 0.29) is 0 Å². The van der Waals surface area contributed by atoms with E-state index in [1.165, 1.54) is 0 Å². The molecule has 0 fully saturated rings. The molecular formula is C16H11BrClN3. The number of aromatic nitrogens is 2. The largest absolute Gasteiger partial charge is 0.340 e. The third-order valence-corrected chi connectivity index (χ3v) is 3.51. The average molecular weight is 361 g/mol. The van der Waals surface area contributed by atoms with Crippen LogP contribution in [0.5, 0.6) is 0 Å². The van der Waals surface area contributed by atoms with Crippen LogP contribution in [0.25, 0.3) is 11.4 Å². The van der Waals surface area contributed by atoms with Gasteiger partial charge in [0.15, 0.2) is 5.82 Å². The van der Waals surface area contributed by atoms with Gasteiger partial charge in [0.1, 0.15) is 11.0 Å². The molecule has 0 amide bonds. The minimum atomic E-state index is 0.404. The number of hydrogen-bond acceptors (Lipinski definition) is 3. The van der Waals surface area contributed by atoms with Crippen molar-refractivity contribution in [3.8, 4) is 11.4 Å². The van der Waals surface area contributed by atoms with Crippen molar-refractivity contribution in [3.05, 3.63) is 70.3 Å². The Morgan fingerprint density at radius 2 is 1.71 bits per heavy atom. The van der Waals surface area contributed by atoms with E-state index >= 15 is 0 Å². The zero-order valence-electron chi connectivity index (χ0n) is 10.9. The van der Waals surface area contributed by atoms with Crippen LogP contribution in [-0.2, 0) is 0 Å². The van der Waals surface area contributed by atoms with Gasteiger partial charge in [0.05, 0.1) is 0 Å². The van der Waals surface area contributed by atoms with Crippen LogP contribution in [0.1, 0.15) is 0 Å². The van der Waals surface area contributed by atoms with E-state index in [1.807, 2.05) is 54.6 Å². The van der Waals surface area contributed by atoms with Gasteiger partial charge in [0, 0.05) is 21.8 Å². The van der Waals surface area contributed by atoms with Crippen molar-refractivity contribution in [1.29, 1.82) is 0 Å². The maximum Gasteiger partial charge on any atom is 0.163 e. The molecule has 0 unspecified atom stereocenters. The van der Waals surface area contributed by atoms with E-state index in [0.29, 0.717) is 16.8 Å². The second-order valence-electron chi connectivity index (χ2n) is 4.40. The quantitative estimate of drug-likeness (QED) is 0.644. The lowest BCUT2D eigenvalue weighted by Gasteiger charge is -2.08. The third-order valence-electron chi connectivity index (χ3n) is 2.82. The molecule has 0 bridgehead atoms. The van der Waals surface area contributed by atoms with E-state index in [9.17, 15) is 0 Å². The molecular weight excluding hydrogens is 350 g/mol. The van der Waals surface area contributed by atoms with Crippen molar-refractivity contribution in [1.82, 2.24) is 9.97 Å². The Bertz CT molecular complexity index is 762. The first kappa shape index (κ1) is 14.0. The Morgan fingerprint density at radius 1 is 0.905 bits per heavy atom. The molecule has 3 rings (SSSR count). The molecule has 0 spiro atoms. The number of benzene rings is 2. The monoisotopic (exact) mass is 359 g/mol. The number of hydrogen-bond donors (Lipinski definition) is 1. The fourth-order valence-corrected chi connectivity index (χ4v) is 2.49. The third kappa shape index (κ3) is 3.60. The molecule has 3 nitrogen and oxygen atoms in total. The molecule has 0 radical (unpaired) electrons. The van der Waals surface area contributed by atoms with E-state index in [0.717, 1.165) is 15.7 Å². The first-order chi connectivity index (χ1) is 10.2. The molecule has 1 aromatic heterocycles. The van der Waals surface area contributed by atoms with Crippen LogP contribution in [0.3, 0.4) is 0 Å². The minimum Gasteiger partial charge on any atom is -0.340 e. The smallest absolute Gasteiger partial charge is 0.163 e. The van der Waals surface area contributed by atoms with Gasteiger partial charge in [-0.05, 0) is 18.2 Å². The van der Waals surface area contributed by atoms with Gasteiger partial charge in [-0.15, -0.1) is 0 Å². The van der Waals surface area contributed by atoms with E-state index in [4.69, 9.17) is 11.6 Å². The minimum absolute atomic E-state index is 0.404. The highest BCUT2D eigenvalue weighted by Gasteiger charge is 2.06. The molecule has 2 aromatic carbocycles. The van der Waals surface area contributed by atoms with Crippen LogP contribution in [0, 0.1) is 0 Å². The van der Waals surface area contributed by atoms with Gasteiger partial charge in [-0.2, -0.15) is 0 Å². The van der Waals surface area contributed by atoms with E-state index in [1.54, 1.807) is 6.07 Å². The molecule has 104 valence electrons. The van der Waals surface area contributed by atoms with Crippen molar-refractivity contribution < 1.29 is 0 Å². The molecule has 0 aliphatic carbocycles. The van der Waals surface area contributed by atoms with Crippen molar-refractivity contribution in [2.24, 2.45) is 0 Å². The maximum absolute atomic E-state index is 6.10. The van der Waals surface area contributed by atoms with Crippen LogP contribution in [0.15, 0.2) is 65.1 Å². The lowest BCUT2D eigenvalue weighted by molar-refractivity contribution is 1.17. The van der Waals surface area contributed by atoms with Crippen LogP contribution >= 0.6 is 27.5 Å². The van der Waals surface area contributed by atoms with Crippen molar-refractivity contribution >= 4 is 39.0 Å². The predicted molar refractivity (Wildman–Crippen MR) is 89.9 cm³/mol. The molecule has 1 N–H and O–H groups in total. The SMILES string of the molecule is Clc1cc(Nc2cccc(Br)c2)nc(-c2ccccc2)n1. The molecule has 0 aliphatic heterocycles. The molecule has 3 aromatic rings. The summed E-state index contributed by atoms with van der Waals surface area (Å²) < 4.78 is 0.996. The summed E-state index contributed by atoms with van der Waals surface area (Å²) in [5, 5.41) is 3.63. The summed E-state index contributed by atoms with van der Waals surface area (Å²) in [5.41, 5.74) is 1.86. The Hall–Kier alpha value is -1.91. The summed E-state index contributed by atoms with van der Waals surface area (Å²) in [7, 11) is 0. The summed E-state index contributed by atoms with van der Waals surface area (Å²) in [6.45, 7) is 0. The highest BCUT2D eigenvalue weighted by molar-refractivity contribution is 9.10. The van der Waals surface area contributed by atoms with Crippen molar-refractivity contribution in [2.75, 3.05) is 5.32 Å². The Balaban J connectivity index is 1.95. The number of anilines is 2. The van der Waals surface area contributed by atoms with Gasteiger partial charge in [0.25, 0.3) is 0 Å². The van der Waals surface area contributed by atoms with Crippen molar-refractivity contribution in [3.63, 3.8) is 0 Å². The summed E-state index contributed by atoms with van der Waals surface area (Å²) in [4.78, 5) is 8.78. The molecule has 0 aliphatic rings. The van der Waals surface area contributed by atoms with Gasteiger partial charge in [-0.1, -0.05) is 63.9 Å². The fraction of sp³-hybridized carbons (Fsp3) is 0. The van der Waals surface area contributed by atoms with E-state index < -0.39 is 0 Å². The number of rotatable bonds is 3. The normalized spacial score (nSPS) is 10.4. The Labute approximate surface area is 136 Å². The van der Waals surface area contributed by atoms with Crippen LogP contribution < -0.4 is 5.32 Å². The highest BCUT2D eigenvalue weighted by Crippen LogP contribution is 2.23. The van der Waals surface area contributed by atoms with Crippen molar-refractivity contribution in [2.45, 2.75) is 0 Å². The summed E-state index contributed by atoms with van der Waals surface area (Å²) in [5.74, 6) is 1.26. The molecule has 0 atom stereocenters. The first-order valence-electron chi connectivity index (χ1n) is 6.33. The first-order valence-corrected chi connectivity index (χ1v) is 7.50. The molecule has 1 heterocycles. The second kappa shape index (κ2) is 6.24. The molecule has 5 heteroatoms. The molecule has 0 saturated carbocycles. The van der Waals surface area contributed by atoms with Gasteiger partial charge in [0.2, 0.25) is 0 Å². The van der Waals surface area contributed by atoms with Crippen LogP contribution in [0.4, 0.5) is 11.5 Å². The lowest BCUT2D eigenvalue weighted by Crippen LogP contribution is -1.97. The Morgan fingerprint density at radius 3 is 2.48 bits per heavy atom. The standard InChI is InChI=1S/C16H11BrClN3/c17-12-7-4-8-13(9-12)19-15-10-14(18)20-16(21-15)11-5-2-1-3-6-11/h1-10H,(H,19,20,21). The van der Waals surface area contributed by atoms with E-state index in [2.05, 4.69) is 31.2 Å². The average Bonchev–Trinajstić information content (AvgIpc) is 2.47. The summed E-state index contributed by atoms with van der Waals surface area (Å²) >= 11 is 9.54. The lowest BCUT2D eigenvalue weighted by atomic mass is 10.2. The van der Waals surface area contributed by atoms with Crippen LogP contribution in [-0.4, -0.2) is 9.97 Å². The number of nitrogens with zero attached hydrogens (tertiary/aromatic N) is 2. The predicted octanol–water partition coefficient (Wildman–Crippen LogP) is 5.30. The zero-order chi connectivity index (χ0) is 14.7. The van der Waals surface area contributed by atoms with Gasteiger partial charge in [-0.3, -0.25) is 0 Å². The topological polar surface area (TPSA) is 37.8 Å². The summed E-state index contributed by atoms with van der Waals surface area (Å²) in [6, 6.07) is 19.3. The van der Waals surface area contributed by atoms with Gasteiger partial charge < -0.3 is 5.32 Å². The fourth-order valence-electron chi connectivity index (χ4n) is 1.91. The number of halogens is 2. The zero-order valence-corrected chi connectivity index (χ0v) is 13.3. The van der Waals surface area contributed by atoms with Gasteiger partial charge in [-0.25, -0.2) is 9.97 Å². The second-order valence-corrected chi connectivity index (χ2v) is 5.70. The maximum atomic E-state index is 6.10. The highest BCUT2D eigenvalue weighted by atomic mass is 79.9. The molecule has 21 heavy (non-hydrogen) atoms. The number of nitrogens with one attached hydrogen (secondary N) is 1. The van der Waals surface area contributed by atoms with Gasteiger partial charge >= 0.3 is 0 Å². The Kier molecular flexibility index (Phi) is 4.18.